The predicted molar refractivity (Wildman–Crippen MR) is 68.6 cm³/mol. The van der Waals surface area contributed by atoms with Gasteiger partial charge in [-0.2, -0.15) is 4.98 Å². The van der Waals surface area contributed by atoms with Gasteiger partial charge >= 0.3 is 0 Å². The smallest absolute Gasteiger partial charge is 0.231 e. The number of nitrogens with two attached hydrogens (primary N) is 1. The molecule has 0 saturated heterocycles. The first-order chi connectivity index (χ1) is 8.28. The highest BCUT2D eigenvalue weighted by Gasteiger charge is 2.06. The van der Waals surface area contributed by atoms with E-state index in [1.54, 1.807) is 0 Å². The summed E-state index contributed by atoms with van der Waals surface area (Å²) in [6, 6.07) is 8.07. The fourth-order valence-corrected chi connectivity index (χ4v) is 1.76. The highest BCUT2D eigenvalue weighted by atomic mass is 79.9. The van der Waals surface area contributed by atoms with Gasteiger partial charge in [0.15, 0.2) is 5.82 Å². The third-order valence-corrected chi connectivity index (χ3v) is 2.91. The minimum absolute atomic E-state index is 0.649. The molecular weight excluding hydrogens is 282 g/mol. The minimum Gasteiger partial charge on any atom is -0.339 e. The Kier molecular flexibility index (Phi) is 4.28. The Morgan fingerprint density at radius 1 is 1.24 bits per heavy atom. The summed E-state index contributed by atoms with van der Waals surface area (Å²) >= 11 is 3.40. The van der Waals surface area contributed by atoms with Gasteiger partial charge in [-0.1, -0.05) is 33.2 Å². The maximum Gasteiger partial charge on any atom is 0.231 e. The molecule has 90 valence electrons. The zero-order valence-corrected chi connectivity index (χ0v) is 11.0. The SMILES string of the molecule is NCCCc1noc(Cc2ccc(Br)cc2)n1. The molecule has 0 aliphatic heterocycles. The molecule has 2 N–H and O–H groups in total. The average Bonchev–Trinajstić information content (AvgIpc) is 2.77. The van der Waals surface area contributed by atoms with Gasteiger partial charge < -0.3 is 10.3 Å². The second kappa shape index (κ2) is 5.93. The van der Waals surface area contributed by atoms with Crippen molar-refractivity contribution in [3.63, 3.8) is 0 Å². The Hall–Kier alpha value is -1.20. The van der Waals surface area contributed by atoms with E-state index in [2.05, 4.69) is 26.1 Å². The van der Waals surface area contributed by atoms with Crippen LogP contribution in [-0.4, -0.2) is 16.7 Å². The first-order valence-electron chi connectivity index (χ1n) is 5.54. The molecule has 2 aromatic rings. The molecule has 0 fully saturated rings. The van der Waals surface area contributed by atoms with Crippen molar-refractivity contribution in [1.29, 1.82) is 0 Å². The molecule has 2 rings (SSSR count). The monoisotopic (exact) mass is 295 g/mol. The molecule has 1 aromatic heterocycles. The van der Waals surface area contributed by atoms with Gasteiger partial charge in [0.25, 0.3) is 0 Å². The van der Waals surface area contributed by atoms with Crippen molar-refractivity contribution in [2.45, 2.75) is 19.3 Å². The summed E-state index contributed by atoms with van der Waals surface area (Å²) in [6.45, 7) is 0.649. The summed E-state index contributed by atoms with van der Waals surface area (Å²) in [7, 11) is 0. The lowest BCUT2D eigenvalue weighted by Crippen LogP contribution is -2.01. The lowest BCUT2D eigenvalue weighted by molar-refractivity contribution is 0.379. The lowest BCUT2D eigenvalue weighted by Gasteiger charge is -1.96. The van der Waals surface area contributed by atoms with Crippen LogP contribution in [0.5, 0.6) is 0 Å². The summed E-state index contributed by atoms with van der Waals surface area (Å²) in [5.41, 5.74) is 6.59. The standard InChI is InChI=1S/C12H14BrN3O/c13-10-5-3-9(4-6-10)8-12-15-11(16-17-12)2-1-7-14/h3-6H,1-2,7-8,14H2. The predicted octanol–water partition coefficient (Wildman–Crippen LogP) is 2.31. The summed E-state index contributed by atoms with van der Waals surface area (Å²) in [5.74, 6) is 1.39. The van der Waals surface area contributed by atoms with Gasteiger partial charge in [0.2, 0.25) is 5.89 Å². The molecule has 4 nitrogen and oxygen atoms in total. The van der Waals surface area contributed by atoms with Crippen LogP contribution >= 0.6 is 15.9 Å². The van der Waals surface area contributed by atoms with Crippen molar-refractivity contribution in [2.75, 3.05) is 6.54 Å². The van der Waals surface area contributed by atoms with Crippen LogP contribution in [-0.2, 0) is 12.8 Å². The number of nitrogens with zero attached hydrogens (tertiary/aromatic N) is 2. The van der Waals surface area contributed by atoms with E-state index in [0.29, 0.717) is 18.9 Å². The van der Waals surface area contributed by atoms with Gasteiger partial charge in [0.05, 0.1) is 6.42 Å². The molecule has 0 bridgehead atoms. The first-order valence-corrected chi connectivity index (χ1v) is 6.33. The van der Waals surface area contributed by atoms with Gasteiger partial charge in [-0.3, -0.25) is 0 Å². The first kappa shape index (κ1) is 12.3. The second-order valence-corrected chi connectivity index (χ2v) is 4.72. The molecule has 1 aromatic carbocycles. The zero-order valence-electron chi connectivity index (χ0n) is 9.40. The molecule has 0 spiro atoms. The van der Waals surface area contributed by atoms with Crippen molar-refractivity contribution in [3.8, 4) is 0 Å². The average molecular weight is 296 g/mol. The summed E-state index contributed by atoms with van der Waals surface area (Å²) in [6.07, 6.45) is 2.33. The minimum atomic E-state index is 0.649. The van der Waals surface area contributed by atoms with Crippen molar-refractivity contribution >= 4 is 15.9 Å². The van der Waals surface area contributed by atoms with E-state index in [-0.39, 0.29) is 0 Å². The highest BCUT2D eigenvalue weighted by Crippen LogP contribution is 2.13. The van der Waals surface area contributed by atoms with Crippen LogP contribution in [0.3, 0.4) is 0 Å². The maximum atomic E-state index is 5.43. The van der Waals surface area contributed by atoms with E-state index in [4.69, 9.17) is 10.3 Å². The van der Waals surface area contributed by atoms with Gasteiger partial charge in [0, 0.05) is 10.9 Å². The Morgan fingerprint density at radius 3 is 2.71 bits per heavy atom. The van der Waals surface area contributed by atoms with Crippen LogP contribution < -0.4 is 5.73 Å². The molecule has 0 amide bonds. The number of rotatable bonds is 5. The van der Waals surface area contributed by atoms with E-state index < -0.39 is 0 Å². The zero-order chi connectivity index (χ0) is 12.1. The number of aryl methyl sites for hydroxylation is 1. The van der Waals surface area contributed by atoms with Crippen molar-refractivity contribution in [3.05, 3.63) is 46.0 Å². The molecule has 17 heavy (non-hydrogen) atoms. The van der Waals surface area contributed by atoms with E-state index in [0.717, 1.165) is 28.7 Å². The number of hydrogen-bond donors (Lipinski definition) is 1. The third-order valence-electron chi connectivity index (χ3n) is 2.38. The molecule has 1 heterocycles. The summed E-state index contributed by atoms with van der Waals surface area (Å²) in [5, 5.41) is 3.92. The third kappa shape index (κ3) is 3.64. The van der Waals surface area contributed by atoms with Crippen LogP contribution in [0.1, 0.15) is 23.7 Å². The molecule has 0 unspecified atom stereocenters. The number of halogens is 1. The molecule has 0 saturated carbocycles. The molecule has 0 atom stereocenters. The fraction of sp³-hybridized carbons (Fsp3) is 0.333. The highest BCUT2D eigenvalue weighted by molar-refractivity contribution is 9.10. The Balaban J connectivity index is 1.98. The Bertz CT molecular complexity index is 467. The quantitative estimate of drug-likeness (QED) is 0.919. The largest absolute Gasteiger partial charge is 0.339 e. The number of hydrogen-bond acceptors (Lipinski definition) is 4. The van der Waals surface area contributed by atoms with Crippen LogP contribution in [0.15, 0.2) is 33.3 Å². The van der Waals surface area contributed by atoms with Gasteiger partial charge in [-0.15, -0.1) is 0 Å². The van der Waals surface area contributed by atoms with E-state index >= 15 is 0 Å². The molecule has 0 radical (unpaired) electrons. The van der Waals surface area contributed by atoms with Gasteiger partial charge in [-0.25, -0.2) is 0 Å². The second-order valence-electron chi connectivity index (χ2n) is 3.80. The lowest BCUT2D eigenvalue weighted by atomic mass is 10.1. The molecule has 5 heteroatoms. The summed E-state index contributed by atoms with van der Waals surface area (Å²) in [4.78, 5) is 4.32. The Morgan fingerprint density at radius 2 is 2.00 bits per heavy atom. The molecule has 0 aliphatic carbocycles. The van der Waals surface area contributed by atoms with Crippen molar-refractivity contribution < 1.29 is 4.52 Å². The van der Waals surface area contributed by atoms with Crippen LogP contribution in [0.4, 0.5) is 0 Å². The fourth-order valence-electron chi connectivity index (χ4n) is 1.50. The molecular formula is C12H14BrN3O. The summed E-state index contributed by atoms with van der Waals surface area (Å²) < 4.78 is 6.25. The number of benzene rings is 1. The van der Waals surface area contributed by atoms with Crippen LogP contribution in [0.2, 0.25) is 0 Å². The number of aromatic nitrogens is 2. The molecule has 0 aliphatic rings. The van der Waals surface area contributed by atoms with Crippen LogP contribution in [0.25, 0.3) is 0 Å². The van der Waals surface area contributed by atoms with Crippen molar-refractivity contribution in [1.82, 2.24) is 10.1 Å². The van der Waals surface area contributed by atoms with Crippen molar-refractivity contribution in [2.24, 2.45) is 5.73 Å². The van der Waals surface area contributed by atoms with Crippen LogP contribution in [0, 0.1) is 0 Å². The van der Waals surface area contributed by atoms with E-state index in [1.807, 2.05) is 24.3 Å². The Labute approximate surface area is 108 Å². The topological polar surface area (TPSA) is 64.9 Å². The van der Waals surface area contributed by atoms with Gasteiger partial charge in [0.1, 0.15) is 0 Å². The van der Waals surface area contributed by atoms with E-state index in [9.17, 15) is 0 Å². The maximum absolute atomic E-state index is 5.43. The normalized spacial score (nSPS) is 10.7. The van der Waals surface area contributed by atoms with Gasteiger partial charge in [-0.05, 0) is 30.7 Å². The van der Waals surface area contributed by atoms with E-state index in [1.165, 1.54) is 0 Å².